The zero-order valence-electron chi connectivity index (χ0n) is 13.5. The maximum atomic E-state index is 11.8. The zero-order valence-corrected chi connectivity index (χ0v) is 13.5. The molecule has 2 rings (SSSR count). The molecule has 1 N–H and O–H groups in total. The van der Waals surface area contributed by atoms with E-state index in [1.165, 1.54) is 12.8 Å². The van der Waals surface area contributed by atoms with Crippen LogP contribution in [-0.2, 0) is 16.1 Å². The van der Waals surface area contributed by atoms with Crippen LogP contribution in [0.15, 0.2) is 24.3 Å². The smallest absolute Gasteiger partial charge is 0.246 e. The highest BCUT2D eigenvalue weighted by Gasteiger charge is 2.22. The third kappa shape index (κ3) is 5.00. The van der Waals surface area contributed by atoms with Crippen molar-refractivity contribution in [1.82, 2.24) is 10.2 Å². The molecule has 1 amide bonds. The topological polar surface area (TPSA) is 50.8 Å². The SMILES string of the molecule is CCN1CCC[C@@H]1CNC(=O)COCc1cccc(OC)c1. The number of rotatable bonds is 8. The molecule has 22 heavy (non-hydrogen) atoms. The van der Waals surface area contributed by atoms with Crippen molar-refractivity contribution >= 4 is 5.91 Å². The second-order valence-corrected chi connectivity index (χ2v) is 5.57. The van der Waals surface area contributed by atoms with Crippen LogP contribution in [0.4, 0.5) is 0 Å². The molecule has 122 valence electrons. The van der Waals surface area contributed by atoms with Gasteiger partial charge in [0.15, 0.2) is 0 Å². The van der Waals surface area contributed by atoms with E-state index in [1.54, 1.807) is 7.11 Å². The van der Waals surface area contributed by atoms with E-state index in [0.29, 0.717) is 12.6 Å². The first kappa shape index (κ1) is 16.8. The Hall–Kier alpha value is -1.59. The van der Waals surface area contributed by atoms with Gasteiger partial charge < -0.3 is 14.8 Å². The van der Waals surface area contributed by atoms with E-state index in [-0.39, 0.29) is 12.5 Å². The number of hydrogen-bond acceptors (Lipinski definition) is 4. The van der Waals surface area contributed by atoms with Crippen molar-refractivity contribution < 1.29 is 14.3 Å². The predicted octanol–water partition coefficient (Wildman–Crippen LogP) is 1.81. The van der Waals surface area contributed by atoms with Crippen LogP contribution >= 0.6 is 0 Å². The minimum absolute atomic E-state index is 0.0501. The van der Waals surface area contributed by atoms with E-state index in [0.717, 1.165) is 30.9 Å². The molecule has 0 saturated carbocycles. The van der Waals surface area contributed by atoms with Crippen molar-refractivity contribution in [3.8, 4) is 5.75 Å². The number of likely N-dealkylation sites (tertiary alicyclic amines) is 1. The van der Waals surface area contributed by atoms with Gasteiger partial charge in [-0.2, -0.15) is 0 Å². The number of methoxy groups -OCH3 is 1. The standard InChI is InChI=1S/C17H26N2O3/c1-3-19-9-5-7-15(19)11-18-17(20)13-22-12-14-6-4-8-16(10-14)21-2/h4,6,8,10,15H,3,5,7,9,11-13H2,1-2H3,(H,18,20)/t15-/m1/s1. The summed E-state index contributed by atoms with van der Waals surface area (Å²) < 4.78 is 10.6. The summed E-state index contributed by atoms with van der Waals surface area (Å²) in [6.07, 6.45) is 2.39. The van der Waals surface area contributed by atoms with Crippen LogP contribution < -0.4 is 10.1 Å². The largest absolute Gasteiger partial charge is 0.497 e. The normalized spacial score (nSPS) is 18.4. The van der Waals surface area contributed by atoms with Crippen LogP contribution in [0.2, 0.25) is 0 Å². The second-order valence-electron chi connectivity index (χ2n) is 5.57. The number of nitrogens with zero attached hydrogens (tertiary/aromatic N) is 1. The Labute approximate surface area is 132 Å². The molecule has 0 unspecified atom stereocenters. The molecule has 1 heterocycles. The molecule has 0 aliphatic carbocycles. The average Bonchev–Trinajstić information content (AvgIpc) is 3.00. The van der Waals surface area contributed by atoms with Gasteiger partial charge in [-0.15, -0.1) is 0 Å². The Balaban J connectivity index is 1.65. The number of nitrogens with one attached hydrogen (secondary N) is 1. The molecule has 1 atom stereocenters. The van der Waals surface area contributed by atoms with Gasteiger partial charge >= 0.3 is 0 Å². The fourth-order valence-electron chi connectivity index (χ4n) is 2.85. The molecule has 5 heteroatoms. The highest BCUT2D eigenvalue weighted by atomic mass is 16.5. The summed E-state index contributed by atoms with van der Waals surface area (Å²) in [5, 5.41) is 2.97. The van der Waals surface area contributed by atoms with E-state index in [4.69, 9.17) is 9.47 Å². The number of likely N-dealkylation sites (N-methyl/N-ethyl adjacent to an activating group) is 1. The summed E-state index contributed by atoms with van der Waals surface area (Å²) in [7, 11) is 1.63. The van der Waals surface area contributed by atoms with Crippen molar-refractivity contribution in [3.05, 3.63) is 29.8 Å². The minimum atomic E-state index is -0.0501. The Morgan fingerprint density at radius 2 is 2.32 bits per heavy atom. The lowest BCUT2D eigenvalue weighted by molar-refractivity contribution is -0.126. The van der Waals surface area contributed by atoms with E-state index in [1.807, 2.05) is 24.3 Å². The van der Waals surface area contributed by atoms with Crippen LogP contribution in [0.3, 0.4) is 0 Å². The maximum Gasteiger partial charge on any atom is 0.246 e. The van der Waals surface area contributed by atoms with E-state index >= 15 is 0 Å². The molecule has 0 bridgehead atoms. The van der Waals surface area contributed by atoms with Crippen LogP contribution in [-0.4, -0.2) is 50.2 Å². The summed E-state index contributed by atoms with van der Waals surface area (Å²) in [6, 6.07) is 8.15. The van der Waals surface area contributed by atoms with Gasteiger partial charge in [0.25, 0.3) is 0 Å². The average molecular weight is 306 g/mol. The molecule has 1 aromatic carbocycles. The fraction of sp³-hybridized carbons (Fsp3) is 0.588. The number of carbonyl (C=O) groups excluding carboxylic acids is 1. The molecule has 0 radical (unpaired) electrons. The van der Waals surface area contributed by atoms with Gasteiger partial charge in [-0.05, 0) is 43.6 Å². The third-order valence-electron chi connectivity index (χ3n) is 4.08. The number of benzene rings is 1. The Morgan fingerprint density at radius 1 is 1.45 bits per heavy atom. The monoisotopic (exact) mass is 306 g/mol. The van der Waals surface area contributed by atoms with Gasteiger partial charge in [0.2, 0.25) is 5.91 Å². The van der Waals surface area contributed by atoms with E-state index < -0.39 is 0 Å². The first-order chi connectivity index (χ1) is 10.7. The van der Waals surface area contributed by atoms with Gasteiger partial charge in [0.1, 0.15) is 12.4 Å². The molecule has 1 saturated heterocycles. The summed E-state index contributed by atoms with van der Waals surface area (Å²) >= 11 is 0. The van der Waals surface area contributed by atoms with Crippen LogP contribution in [0.1, 0.15) is 25.3 Å². The third-order valence-corrected chi connectivity index (χ3v) is 4.08. The molecule has 1 aliphatic heterocycles. The summed E-state index contributed by atoms with van der Waals surface area (Å²) in [6.45, 7) is 5.58. The summed E-state index contributed by atoms with van der Waals surface area (Å²) in [5.41, 5.74) is 1.00. The van der Waals surface area contributed by atoms with E-state index in [9.17, 15) is 4.79 Å². The predicted molar refractivity (Wildman–Crippen MR) is 85.9 cm³/mol. The first-order valence-electron chi connectivity index (χ1n) is 7.94. The van der Waals surface area contributed by atoms with Gasteiger partial charge in [-0.1, -0.05) is 19.1 Å². The molecule has 1 aliphatic rings. The lowest BCUT2D eigenvalue weighted by atomic mass is 10.2. The van der Waals surface area contributed by atoms with Crippen LogP contribution in [0, 0.1) is 0 Å². The highest BCUT2D eigenvalue weighted by molar-refractivity contribution is 5.77. The highest BCUT2D eigenvalue weighted by Crippen LogP contribution is 2.15. The molecule has 5 nitrogen and oxygen atoms in total. The molecule has 1 fully saturated rings. The van der Waals surface area contributed by atoms with Gasteiger partial charge in [-0.3, -0.25) is 9.69 Å². The molecule has 0 aromatic heterocycles. The Bertz CT molecular complexity index is 479. The van der Waals surface area contributed by atoms with Crippen LogP contribution in [0.25, 0.3) is 0 Å². The van der Waals surface area contributed by atoms with Crippen molar-refractivity contribution in [1.29, 1.82) is 0 Å². The first-order valence-corrected chi connectivity index (χ1v) is 7.94. The van der Waals surface area contributed by atoms with Crippen molar-refractivity contribution in [3.63, 3.8) is 0 Å². The number of hydrogen-bond donors (Lipinski definition) is 1. The summed E-state index contributed by atoms with van der Waals surface area (Å²) in [5.74, 6) is 0.747. The van der Waals surface area contributed by atoms with Gasteiger partial charge in [-0.25, -0.2) is 0 Å². The second kappa shape index (κ2) is 8.76. The fourth-order valence-corrected chi connectivity index (χ4v) is 2.85. The van der Waals surface area contributed by atoms with Gasteiger partial charge in [0.05, 0.1) is 13.7 Å². The number of amides is 1. The maximum absolute atomic E-state index is 11.8. The number of ether oxygens (including phenoxy) is 2. The van der Waals surface area contributed by atoms with Crippen LogP contribution in [0.5, 0.6) is 5.75 Å². The summed E-state index contributed by atoms with van der Waals surface area (Å²) in [4.78, 5) is 14.2. The molecule has 1 aromatic rings. The van der Waals surface area contributed by atoms with E-state index in [2.05, 4.69) is 17.1 Å². The quantitative estimate of drug-likeness (QED) is 0.796. The Morgan fingerprint density at radius 3 is 3.09 bits per heavy atom. The van der Waals surface area contributed by atoms with Crippen molar-refractivity contribution in [2.24, 2.45) is 0 Å². The lowest BCUT2D eigenvalue weighted by Crippen LogP contribution is -2.41. The van der Waals surface area contributed by atoms with Crippen molar-refractivity contribution in [2.45, 2.75) is 32.4 Å². The van der Waals surface area contributed by atoms with Crippen molar-refractivity contribution in [2.75, 3.05) is 33.4 Å². The molecular weight excluding hydrogens is 280 g/mol. The number of carbonyl (C=O) groups is 1. The Kier molecular flexibility index (Phi) is 6.68. The van der Waals surface area contributed by atoms with Gasteiger partial charge in [0, 0.05) is 12.6 Å². The zero-order chi connectivity index (χ0) is 15.8. The molecule has 0 spiro atoms. The molecular formula is C17H26N2O3. The lowest BCUT2D eigenvalue weighted by Gasteiger charge is -2.22. The minimum Gasteiger partial charge on any atom is -0.497 e.